The van der Waals surface area contributed by atoms with Crippen LogP contribution in [0.3, 0.4) is 0 Å². The summed E-state index contributed by atoms with van der Waals surface area (Å²) in [5.74, 6) is 3.51. The summed E-state index contributed by atoms with van der Waals surface area (Å²) in [6.45, 7) is 8.75. The number of para-hydroxylation sites is 2. The molecule has 0 atom stereocenters. The number of hydrogen-bond acceptors (Lipinski definition) is 4. The molecule has 45 heavy (non-hydrogen) atoms. The summed E-state index contributed by atoms with van der Waals surface area (Å²) in [6, 6.07) is 32.9. The number of aryl methyl sites for hydroxylation is 4. The Bertz CT molecular complexity index is 2160. The van der Waals surface area contributed by atoms with Crippen molar-refractivity contribution in [3.63, 3.8) is 0 Å². The Balaban J connectivity index is 1.44. The molecule has 0 aliphatic carbocycles. The maximum atomic E-state index is 7.14. The highest BCUT2D eigenvalue weighted by molar-refractivity contribution is 7.04. The van der Waals surface area contributed by atoms with Crippen molar-refractivity contribution in [2.24, 2.45) is 0 Å². The molecule has 6 aromatic rings. The lowest BCUT2D eigenvalue weighted by Crippen LogP contribution is -2.67. The van der Waals surface area contributed by atoms with Crippen LogP contribution in [0.4, 0.5) is 17.1 Å². The quantitative estimate of drug-likeness (QED) is 0.247. The Morgan fingerprint density at radius 3 is 1.60 bits per heavy atom. The van der Waals surface area contributed by atoms with Crippen molar-refractivity contribution < 1.29 is 9.47 Å². The summed E-state index contributed by atoms with van der Waals surface area (Å²) in [4.78, 5) is 7.40. The molecule has 0 amide bonds. The molecule has 0 N–H and O–H groups in total. The van der Waals surface area contributed by atoms with Gasteiger partial charge in [-0.05, 0) is 108 Å². The van der Waals surface area contributed by atoms with Gasteiger partial charge in [0.1, 0.15) is 23.0 Å². The number of anilines is 3. The van der Waals surface area contributed by atoms with E-state index in [9.17, 15) is 0 Å². The lowest BCUT2D eigenvalue weighted by Gasteiger charge is -2.48. The van der Waals surface area contributed by atoms with E-state index in [0.717, 1.165) is 34.3 Å². The molecule has 5 heterocycles. The van der Waals surface area contributed by atoms with Crippen LogP contribution in [-0.2, 0) is 0 Å². The van der Waals surface area contributed by atoms with Gasteiger partial charge in [-0.1, -0.05) is 65.7 Å². The van der Waals surface area contributed by atoms with Gasteiger partial charge < -0.3 is 14.4 Å². The lowest BCUT2D eigenvalue weighted by atomic mass is 9.28. The third-order valence-electron chi connectivity index (χ3n) is 10.1. The number of rotatable bonds is 1. The van der Waals surface area contributed by atoms with Crippen molar-refractivity contribution in [2.45, 2.75) is 27.7 Å². The van der Waals surface area contributed by atoms with Gasteiger partial charge >= 0.3 is 0 Å². The molecule has 4 aliphatic rings. The first-order valence-electron chi connectivity index (χ1n) is 15.7. The Kier molecular flexibility index (Phi) is 4.86. The molecule has 10 rings (SSSR count). The van der Waals surface area contributed by atoms with Gasteiger partial charge in [-0.2, -0.15) is 0 Å². The van der Waals surface area contributed by atoms with Crippen LogP contribution >= 0.6 is 0 Å². The Morgan fingerprint density at radius 2 is 1.09 bits per heavy atom. The molecule has 0 bridgehead atoms. The average molecular weight is 578 g/mol. The van der Waals surface area contributed by atoms with Gasteiger partial charge in [-0.15, -0.1) is 0 Å². The second-order valence-electron chi connectivity index (χ2n) is 12.9. The van der Waals surface area contributed by atoms with Crippen LogP contribution in [0.25, 0.3) is 11.3 Å². The van der Waals surface area contributed by atoms with Gasteiger partial charge in [0.2, 0.25) is 0 Å². The molecule has 5 aromatic carbocycles. The highest BCUT2D eigenvalue weighted by Gasteiger charge is 2.52. The van der Waals surface area contributed by atoms with E-state index in [2.05, 4.69) is 118 Å². The summed E-state index contributed by atoms with van der Waals surface area (Å²) in [6.07, 6.45) is 1.86. The number of aromatic nitrogens is 1. The molecular weight excluding hydrogens is 550 g/mol. The van der Waals surface area contributed by atoms with Crippen LogP contribution < -0.4 is 47.2 Å². The smallest absolute Gasteiger partial charge is 0.256 e. The van der Waals surface area contributed by atoms with Crippen molar-refractivity contribution in [3.8, 4) is 34.3 Å². The first-order chi connectivity index (χ1) is 22.0. The first-order valence-corrected chi connectivity index (χ1v) is 15.7. The zero-order chi connectivity index (χ0) is 30.1. The summed E-state index contributed by atoms with van der Waals surface area (Å²) >= 11 is 0. The van der Waals surface area contributed by atoms with Crippen molar-refractivity contribution in [2.75, 3.05) is 4.90 Å². The Hall–Kier alpha value is -5.22. The topological polar surface area (TPSA) is 34.6 Å². The van der Waals surface area contributed by atoms with Gasteiger partial charge in [-0.3, -0.25) is 4.98 Å². The fourth-order valence-corrected chi connectivity index (χ4v) is 8.62. The Morgan fingerprint density at radius 1 is 0.578 bits per heavy atom. The largest absolute Gasteiger partial charge is 0.457 e. The van der Waals surface area contributed by atoms with E-state index in [1.54, 1.807) is 0 Å². The van der Waals surface area contributed by atoms with E-state index in [0.29, 0.717) is 0 Å². The molecule has 6 heteroatoms. The predicted octanol–water partition coefficient (Wildman–Crippen LogP) is 5.32. The minimum absolute atomic E-state index is 0.00554. The van der Waals surface area contributed by atoms with E-state index in [4.69, 9.17) is 14.5 Å². The molecule has 0 radical (unpaired) electrons. The number of hydrogen-bond donors (Lipinski definition) is 0. The number of ether oxygens (including phenoxy) is 2. The minimum atomic E-state index is 0.00554. The monoisotopic (exact) mass is 578 g/mol. The first kappa shape index (κ1) is 25.1. The lowest BCUT2D eigenvalue weighted by molar-refractivity contribution is 0.468. The fourth-order valence-electron chi connectivity index (χ4n) is 8.62. The highest BCUT2D eigenvalue weighted by atomic mass is 16.5. The second-order valence-corrected chi connectivity index (χ2v) is 12.9. The van der Waals surface area contributed by atoms with Crippen molar-refractivity contribution in [1.29, 1.82) is 0 Å². The molecular formula is C39H28B2N2O2. The van der Waals surface area contributed by atoms with Crippen molar-refractivity contribution in [1.82, 2.24) is 4.98 Å². The molecule has 4 nitrogen and oxygen atoms in total. The van der Waals surface area contributed by atoms with Gasteiger partial charge in [0.05, 0.1) is 11.3 Å². The molecule has 0 spiro atoms. The number of fused-ring (bicyclic) bond motifs is 10. The second kappa shape index (κ2) is 8.70. The van der Waals surface area contributed by atoms with E-state index in [1.807, 2.05) is 12.3 Å². The minimum Gasteiger partial charge on any atom is -0.457 e. The highest BCUT2D eigenvalue weighted by Crippen LogP contribution is 2.51. The van der Waals surface area contributed by atoms with Crippen LogP contribution in [-0.4, -0.2) is 18.4 Å². The van der Waals surface area contributed by atoms with Crippen LogP contribution in [0.1, 0.15) is 22.3 Å². The molecule has 0 unspecified atom stereocenters. The third kappa shape index (κ3) is 3.16. The van der Waals surface area contributed by atoms with E-state index in [-0.39, 0.29) is 13.4 Å². The molecule has 4 aliphatic heterocycles. The summed E-state index contributed by atoms with van der Waals surface area (Å²) in [5, 5.41) is 0. The Labute approximate surface area is 263 Å². The molecule has 212 valence electrons. The van der Waals surface area contributed by atoms with Crippen LogP contribution in [0.5, 0.6) is 23.0 Å². The average Bonchev–Trinajstić information content (AvgIpc) is 3.04. The molecule has 0 saturated carbocycles. The summed E-state index contributed by atoms with van der Waals surface area (Å²) in [7, 11) is 0. The summed E-state index contributed by atoms with van der Waals surface area (Å²) < 4.78 is 14.3. The van der Waals surface area contributed by atoms with Gasteiger partial charge in [0, 0.05) is 23.3 Å². The maximum Gasteiger partial charge on any atom is 0.256 e. The summed E-state index contributed by atoms with van der Waals surface area (Å²) in [5.41, 5.74) is 17.7. The number of benzene rings is 5. The zero-order valence-electron chi connectivity index (χ0n) is 25.6. The van der Waals surface area contributed by atoms with E-state index < -0.39 is 0 Å². The van der Waals surface area contributed by atoms with Gasteiger partial charge in [0.25, 0.3) is 13.4 Å². The SMILES string of the molecule is Cc1cc(C)c2c(c1)Oc1c3c4c5c(c1-c1ccccn1)Oc1cc(C)cc(C)c1B5c1ccccc1N4c1ccccc1B23. The van der Waals surface area contributed by atoms with Gasteiger partial charge in [-0.25, -0.2) is 0 Å². The van der Waals surface area contributed by atoms with Crippen molar-refractivity contribution >= 4 is 63.3 Å². The molecule has 0 fully saturated rings. The molecule has 0 saturated heterocycles. The normalized spacial score (nSPS) is 14.0. The van der Waals surface area contributed by atoms with Crippen LogP contribution in [0, 0.1) is 27.7 Å². The van der Waals surface area contributed by atoms with E-state index in [1.165, 1.54) is 72.1 Å². The van der Waals surface area contributed by atoms with Crippen LogP contribution in [0.15, 0.2) is 97.2 Å². The number of pyridine rings is 1. The predicted molar refractivity (Wildman–Crippen MR) is 186 cm³/mol. The van der Waals surface area contributed by atoms with Crippen molar-refractivity contribution in [3.05, 3.63) is 119 Å². The van der Waals surface area contributed by atoms with E-state index >= 15 is 0 Å². The molecule has 1 aromatic heterocycles. The van der Waals surface area contributed by atoms with Crippen LogP contribution in [0.2, 0.25) is 0 Å². The third-order valence-corrected chi connectivity index (χ3v) is 10.1. The standard InChI is InChI=1S/C39H28B2N2O2/c1-21-17-23(3)33-30(19-21)44-38-32(27-13-9-10-16-42-27)39-36-37-35(38)40(33)25-11-5-7-14-28(25)43(37)29-15-8-6-12-26(29)41(36)34-24(4)18-22(2)20-31(34)45-39/h5-20H,1-4H3. The zero-order valence-corrected chi connectivity index (χ0v) is 25.6. The fraction of sp³-hybridized carbons (Fsp3) is 0.103. The van der Waals surface area contributed by atoms with Gasteiger partial charge in [0.15, 0.2) is 0 Å². The maximum absolute atomic E-state index is 7.14. The number of nitrogens with zero attached hydrogens (tertiary/aromatic N) is 2.